The van der Waals surface area contributed by atoms with Crippen LogP contribution in [-0.2, 0) is 9.53 Å². The number of hydrogen-bond acceptors (Lipinski definition) is 6. The topological polar surface area (TPSA) is 129 Å². The van der Waals surface area contributed by atoms with Crippen LogP contribution in [0.5, 0.6) is 0 Å². The summed E-state index contributed by atoms with van der Waals surface area (Å²) in [6.07, 6.45) is -1.62. The third-order valence-corrected chi connectivity index (χ3v) is 4.12. The molecule has 4 N–H and O–H groups in total. The number of alkyl halides is 2. The number of carbonyl (C=O) groups excluding carboxylic acids is 2. The lowest BCUT2D eigenvalue weighted by Crippen LogP contribution is -2.62. The van der Waals surface area contributed by atoms with Gasteiger partial charge >= 0.3 is 0 Å². The van der Waals surface area contributed by atoms with Crippen molar-refractivity contribution in [2.75, 3.05) is 7.11 Å². The lowest BCUT2D eigenvalue weighted by molar-refractivity contribution is -0.157. The predicted octanol–water partition coefficient (Wildman–Crippen LogP) is 0.482. The van der Waals surface area contributed by atoms with Crippen LogP contribution in [0, 0.1) is 23.7 Å². The predicted molar refractivity (Wildman–Crippen MR) is 99.2 cm³/mol. The van der Waals surface area contributed by atoms with E-state index in [2.05, 4.69) is 44.4 Å². The standard InChI is InChI=1S/C19H17F2N5O4/c1-19(30-2,18(20)21)15(17(28)25-29)23-16(27)13-9-7-12(8-10-13)5-3-4-6-14-11-22-26-24-14/h7-11,15,18,29H,1-2H3,(H,23,27)(H,25,28)(H,22,24,26)/t15-,19?/m1/s1. The molecule has 0 saturated heterocycles. The van der Waals surface area contributed by atoms with Crippen LogP contribution in [0.25, 0.3) is 0 Å². The third kappa shape index (κ3) is 5.38. The third-order valence-electron chi connectivity index (χ3n) is 4.12. The van der Waals surface area contributed by atoms with E-state index in [1.807, 2.05) is 0 Å². The Kier molecular flexibility index (Phi) is 7.58. The van der Waals surface area contributed by atoms with Gasteiger partial charge in [0.15, 0.2) is 11.3 Å². The molecule has 0 aliphatic rings. The van der Waals surface area contributed by atoms with E-state index in [1.54, 1.807) is 0 Å². The number of ether oxygens (including phenoxy) is 1. The lowest BCUT2D eigenvalue weighted by atomic mass is 9.95. The molecule has 1 aromatic heterocycles. The van der Waals surface area contributed by atoms with E-state index in [-0.39, 0.29) is 5.56 Å². The van der Waals surface area contributed by atoms with Crippen molar-refractivity contribution in [1.82, 2.24) is 26.2 Å². The van der Waals surface area contributed by atoms with E-state index in [0.717, 1.165) is 14.0 Å². The van der Waals surface area contributed by atoms with Gasteiger partial charge in [0.1, 0.15) is 6.04 Å². The van der Waals surface area contributed by atoms with E-state index in [0.29, 0.717) is 11.3 Å². The second-order valence-corrected chi connectivity index (χ2v) is 6.01. The zero-order valence-electron chi connectivity index (χ0n) is 15.9. The summed E-state index contributed by atoms with van der Waals surface area (Å²) in [5, 5.41) is 20.7. The molecule has 9 nitrogen and oxygen atoms in total. The fourth-order valence-corrected chi connectivity index (χ4v) is 2.25. The summed E-state index contributed by atoms with van der Waals surface area (Å²) in [7, 11) is 0.967. The number of halogens is 2. The van der Waals surface area contributed by atoms with Crippen molar-refractivity contribution in [1.29, 1.82) is 0 Å². The first-order valence-corrected chi connectivity index (χ1v) is 8.38. The van der Waals surface area contributed by atoms with Crippen molar-refractivity contribution in [3.8, 4) is 23.7 Å². The Bertz CT molecular complexity index is 1000. The maximum absolute atomic E-state index is 13.4. The highest BCUT2D eigenvalue weighted by molar-refractivity contribution is 5.97. The van der Waals surface area contributed by atoms with Gasteiger partial charge in [0.25, 0.3) is 18.2 Å². The largest absolute Gasteiger partial charge is 0.370 e. The zero-order valence-corrected chi connectivity index (χ0v) is 15.9. The molecule has 156 valence electrons. The molecule has 0 saturated carbocycles. The second kappa shape index (κ2) is 10.1. The van der Waals surface area contributed by atoms with Crippen LogP contribution in [0.1, 0.15) is 28.5 Å². The number of amides is 2. The van der Waals surface area contributed by atoms with Gasteiger partial charge in [-0.15, -0.1) is 5.10 Å². The second-order valence-electron chi connectivity index (χ2n) is 6.01. The molecule has 1 heterocycles. The van der Waals surface area contributed by atoms with Gasteiger partial charge < -0.3 is 10.1 Å². The van der Waals surface area contributed by atoms with Crippen LogP contribution in [0.2, 0.25) is 0 Å². The number of aromatic amines is 1. The molecule has 0 bridgehead atoms. The fourth-order valence-electron chi connectivity index (χ4n) is 2.25. The highest BCUT2D eigenvalue weighted by atomic mass is 19.3. The summed E-state index contributed by atoms with van der Waals surface area (Å²) in [5.74, 6) is 8.55. The van der Waals surface area contributed by atoms with Gasteiger partial charge in [0.2, 0.25) is 0 Å². The molecule has 30 heavy (non-hydrogen) atoms. The van der Waals surface area contributed by atoms with Gasteiger partial charge in [-0.05, 0) is 49.0 Å². The number of H-pyrrole nitrogens is 1. The highest BCUT2D eigenvalue weighted by Crippen LogP contribution is 2.24. The smallest absolute Gasteiger partial charge is 0.269 e. The fraction of sp³-hybridized carbons (Fsp3) is 0.263. The Hall–Kier alpha value is -3.80. The van der Waals surface area contributed by atoms with Gasteiger partial charge in [0, 0.05) is 18.2 Å². The van der Waals surface area contributed by atoms with Crippen molar-refractivity contribution in [3.63, 3.8) is 0 Å². The van der Waals surface area contributed by atoms with Crippen LogP contribution in [-0.4, -0.2) is 57.6 Å². The number of methoxy groups -OCH3 is 1. The summed E-state index contributed by atoms with van der Waals surface area (Å²) in [5.41, 5.74) is -0.0508. The van der Waals surface area contributed by atoms with Gasteiger partial charge in [-0.1, -0.05) is 11.1 Å². The molecule has 11 heteroatoms. The maximum atomic E-state index is 13.4. The number of rotatable bonds is 6. The average molecular weight is 417 g/mol. The molecule has 0 spiro atoms. The highest BCUT2D eigenvalue weighted by Gasteiger charge is 2.48. The molecule has 0 aliphatic heterocycles. The molecule has 2 amide bonds. The lowest BCUT2D eigenvalue weighted by Gasteiger charge is -2.34. The monoisotopic (exact) mass is 417 g/mol. The molecule has 2 aromatic rings. The Balaban J connectivity index is 2.13. The number of hydroxylamine groups is 1. The van der Waals surface area contributed by atoms with Crippen LogP contribution in [0.3, 0.4) is 0 Å². The van der Waals surface area contributed by atoms with E-state index < -0.39 is 29.9 Å². The minimum atomic E-state index is -3.12. The number of aromatic nitrogens is 3. The Morgan fingerprint density at radius 1 is 1.23 bits per heavy atom. The van der Waals surface area contributed by atoms with Gasteiger partial charge in [-0.25, -0.2) is 14.3 Å². The first kappa shape index (κ1) is 22.5. The van der Waals surface area contributed by atoms with Crippen LogP contribution in [0.4, 0.5) is 8.78 Å². The minimum Gasteiger partial charge on any atom is -0.370 e. The molecule has 2 atom stereocenters. The number of benzene rings is 1. The quantitative estimate of drug-likeness (QED) is 0.307. The normalized spacial score (nSPS) is 13.1. The molecule has 0 aliphatic carbocycles. The van der Waals surface area contributed by atoms with Gasteiger partial charge in [-0.3, -0.25) is 19.9 Å². The summed E-state index contributed by atoms with van der Waals surface area (Å²) < 4.78 is 31.5. The van der Waals surface area contributed by atoms with E-state index in [1.165, 1.54) is 35.9 Å². The molecule has 0 radical (unpaired) electrons. The average Bonchev–Trinajstić information content (AvgIpc) is 3.27. The molecule has 0 fully saturated rings. The molecule has 1 unspecified atom stereocenters. The van der Waals surface area contributed by atoms with E-state index in [9.17, 15) is 18.4 Å². The Morgan fingerprint density at radius 2 is 1.90 bits per heavy atom. The minimum absolute atomic E-state index is 0.0812. The Labute approximate surface area is 170 Å². The van der Waals surface area contributed by atoms with Crippen molar-refractivity contribution in [3.05, 3.63) is 47.3 Å². The number of hydrogen-bond donors (Lipinski definition) is 4. The Morgan fingerprint density at radius 3 is 2.43 bits per heavy atom. The maximum Gasteiger partial charge on any atom is 0.269 e. The summed E-state index contributed by atoms with van der Waals surface area (Å²) >= 11 is 0. The number of nitrogens with zero attached hydrogens (tertiary/aromatic N) is 2. The van der Waals surface area contributed by atoms with Crippen molar-refractivity contribution in [2.24, 2.45) is 0 Å². The van der Waals surface area contributed by atoms with E-state index in [4.69, 9.17) is 9.94 Å². The number of nitrogens with one attached hydrogen (secondary N) is 3. The van der Waals surface area contributed by atoms with E-state index >= 15 is 0 Å². The van der Waals surface area contributed by atoms with Gasteiger partial charge in [-0.2, -0.15) is 0 Å². The van der Waals surface area contributed by atoms with Crippen molar-refractivity contribution in [2.45, 2.75) is 25.0 Å². The van der Waals surface area contributed by atoms with Crippen LogP contribution in [0.15, 0.2) is 30.5 Å². The molecular weight excluding hydrogens is 400 g/mol. The van der Waals surface area contributed by atoms with Crippen LogP contribution < -0.4 is 10.8 Å². The SMILES string of the molecule is COC(C)(C(F)F)[C@H](NC(=O)c1ccc(C#CC#Cc2c[nH]nn2)cc1)C(=O)NO. The molecular formula is C19H17F2N5O4. The molecule has 1 aromatic carbocycles. The van der Waals surface area contributed by atoms with Crippen molar-refractivity contribution >= 4 is 11.8 Å². The molecule has 2 rings (SSSR count). The first-order chi connectivity index (χ1) is 14.3. The zero-order chi connectivity index (χ0) is 22.1. The summed E-state index contributed by atoms with van der Waals surface area (Å²) in [6.45, 7) is 0.941. The summed E-state index contributed by atoms with van der Waals surface area (Å²) in [4.78, 5) is 24.3. The van der Waals surface area contributed by atoms with Crippen molar-refractivity contribution < 1.29 is 28.3 Å². The van der Waals surface area contributed by atoms with Crippen LogP contribution >= 0.6 is 0 Å². The first-order valence-electron chi connectivity index (χ1n) is 8.38. The summed E-state index contributed by atoms with van der Waals surface area (Å²) in [6, 6.07) is 3.97. The van der Waals surface area contributed by atoms with Gasteiger partial charge in [0.05, 0.1) is 6.20 Å². The number of carbonyl (C=O) groups is 2.